The van der Waals surface area contributed by atoms with Gasteiger partial charge in [-0.05, 0) is 42.5 Å². The van der Waals surface area contributed by atoms with Crippen LogP contribution in [-0.2, 0) is 18.7 Å². The van der Waals surface area contributed by atoms with E-state index in [1.807, 2.05) is 36.4 Å². The molecular formula is C15H19NO2S. The number of nitrogens with one attached hydrogen (secondary N) is 1. The summed E-state index contributed by atoms with van der Waals surface area (Å²) in [4.78, 5) is 0. The van der Waals surface area contributed by atoms with E-state index in [1.54, 1.807) is 11.8 Å². The highest BCUT2D eigenvalue weighted by Gasteiger charge is 2.01. The fourth-order valence-corrected chi connectivity index (χ4v) is 2.28. The van der Waals surface area contributed by atoms with Crippen LogP contribution < -0.4 is 5.32 Å². The number of furan rings is 1. The molecule has 0 aliphatic rings. The summed E-state index contributed by atoms with van der Waals surface area (Å²) in [7, 11) is 0. The predicted octanol–water partition coefficient (Wildman–Crippen LogP) is 3.29. The van der Waals surface area contributed by atoms with Crippen LogP contribution in [0.25, 0.3) is 0 Å². The van der Waals surface area contributed by atoms with Crippen molar-refractivity contribution in [3.8, 4) is 0 Å². The Balaban J connectivity index is 1.86. The highest BCUT2D eigenvalue weighted by molar-refractivity contribution is 7.97. The van der Waals surface area contributed by atoms with Crippen molar-refractivity contribution in [1.82, 2.24) is 0 Å². The topological polar surface area (TPSA) is 45.4 Å². The second-order valence-electron chi connectivity index (χ2n) is 4.33. The summed E-state index contributed by atoms with van der Waals surface area (Å²) in [6, 6.07) is 12.1. The van der Waals surface area contributed by atoms with Crippen LogP contribution in [0.5, 0.6) is 0 Å². The van der Waals surface area contributed by atoms with Crippen molar-refractivity contribution in [3.63, 3.8) is 0 Å². The Morgan fingerprint density at radius 2 is 1.84 bits per heavy atom. The molecule has 0 saturated heterocycles. The van der Waals surface area contributed by atoms with Gasteiger partial charge in [-0.1, -0.05) is 12.1 Å². The summed E-state index contributed by atoms with van der Waals surface area (Å²) in [5.41, 5.74) is 2.21. The highest BCUT2D eigenvalue weighted by atomic mass is 32.2. The lowest BCUT2D eigenvalue weighted by Gasteiger charge is -2.05. The summed E-state index contributed by atoms with van der Waals surface area (Å²) in [6.07, 6.45) is 2.77. The average Bonchev–Trinajstić information content (AvgIpc) is 2.87. The number of thioether (sulfide) groups is 1. The van der Waals surface area contributed by atoms with Crippen LogP contribution in [0, 0.1) is 0 Å². The Morgan fingerprint density at radius 3 is 2.53 bits per heavy atom. The molecule has 19 heavy (non-hydrogen) atoms. The average molecular weight is 277 g/mol. The predicted molar refractivity (Wildman–Crippen MR) is 80.5 cm³/mol. The molecule has 0 saturated carbocycles. The Bertz CT molecular complexity index is 493. The van der Waals surface area contributed by atoms with Crippen LogP contribution in [-0.4, -0.2) is 18.0 Å². The molecular weight excluding hydrogens is 258 g/mol. The second-order valence-corrected chi connectivity index (χ2v) is 5.19. The molecule has 2 N–H and O–H groups in total. The van der Waals surface area contributed by atoms with Gasteiger partial charge in [0.1, 0.15) is 11.5 Å². The normalized spacial score (nSPS) is 10.6. The zero-order valence-corrected chi connectivity index (χ0v) is 11.9. The monoisotopic (exact) mass is 277 g/mol. The van der Waals surface area contributed by atoms with E-state index >= 15 is 0 Å². The molecule has 0 bridgehead atoms. The number of benzene rings is 1. The first-order valence-electron chi connectivity index (χ1n) is 6.32. The van der Waals surface area contributed by atoms with Gasteiger partial charge in [-0.15, -0.1) is 0 Å². The van der Waals surface area contributed by atoms with Crippen LogP contribution in [0.4, 0.5) is 5.69 Å². The van der Waals surface area contributed by atoms with E-state index in [0.29, 0.717) is 13.0 Å². The van der Waals surface area contributed by atoms with Gasteiger partial charge in [-0.2, -0.15) is 11.8 Å². The molecule has 2 rings (SSSR count). The third kappa shape index (κ3) is 4.33. The zero-order valence-electron chi connectivity index (χ0n) is 11.1. The van der Waals surface area contributed by atoms with E-state index in [9.17, 15) is 0 Å². The number of aliphatic hydroxyl groups excluding tert-OH is 1. The molecule has 0 amide bonds. The quantitative estimate of drug-likeness (QED) is 0.815. The van der Waals surface area contributed by atoms with Gasteiger partial charge in [0.2, 0.25) is 0 Å². The van der Waals surface area contributed by atoms with Gasteiger partial charge >= 0.3 is 0 Å². The first-order chi connectivity index (χ1) is 9.31. The molecule has 4 heteroatoms. The van der Waals surface area contributed by atoms with E-state index in [4.69, 9.17) is 9.52 Å². The van der Waals surface area contributed by atoms with Gasteiger partial charge < -0.3 is 14.8 Å². The Morgan fingerprint density at radius 1 is 1.11 bits per heavy atom. The first-order valence-corrected chi connectivity index (χ1v) is 7.71. The summed E-state index contributed by atoms with van der Waals surface area (Å²) in [6.45, 7) is 0.880. The van der Waals surface area contributed by atoms with Gasteiger partial charge in [0, 0.05) is 12.3 Å². The number of aliphatic hydroxyl groups is 1. The van der Waals surface area contributed by atoms with Crippen molar-refractivity contribution in [2.75, 3.05) is 18.2 Å². The van der Waals surface area contributed by atoms with Crippen LogP contribution >= 0.6 is 11.8 Å². The summed E-state index contributed by atoms with van der Waals surface area (Å²) in [5, 5.41) is 12.2. The maximum absolute atomic E-state index is 8.86. The van der Waals surface area contributed by atoms with Gasteiger partial charge in [-0.3, -0.25) is 0 Å². The molecule has 0 aliphatic heterocycles. The molecule has 0 atom stereocenters. The maximum Gasteiger partial charge on any atom is 0.123 e. The fraction of sp³-hybridized carbons (Fsp3) is 0.333. The van der Waals surface area contributed by atoms with Crippen molar-refractivity contribution in [2.45, 2.75) is 18.7 Å². The molecule has 0 aliphatic carbocycles. The van der Waals surface area contributed by atoms with Gasteiger partial charge in [-0.25, -0.2) is 0 Å². The number of hydrogen-bond acceptors (Lipinski definition) is 4. The van der Waals surface area contributed by atoms with E-state index in [0.717, 1.165) is 28.5 Å². The van der Waals surface area contributed by atoms with Crippen molar-refractivity contribution < 1.29 is 9.52 Å². The fourth-order valence-electron chi connectivity index (χ4n) is 1.84. The van der Waals surface area contributed by atoms with Crippen molar-refractivity contribution in [1.29, 1.82) is 0 Å². The van der Waals surface area contributed by atoms with Gasteiger partial charge in [0.15, 0.2) is 0 Å². The van der Waals surface area contributed by atoms with E-state index in [2.05, 4.69) is 11.6 Å². The van der Waals surface area contributed by atoms with Crippen LogP contribution in [0.15, 0.2) is 40.8 Å². The maximum atomic E-state index is 8.86. The minimum atomic E-state index is 0.192. The second kappa shape index (κ2) is 7.26. The largest absolute Gasteiger partial charge is 0.463 e. The van der Waals surface area contributed by atoms with Crippen molar-refractivity contribution in [3.05, 3.63) is 53.5 Å². The van der Waals surface area contributed by atoms with Gasteiger partial charge in [0.25, 0.3) is 0 Å². The Hall–Kier alpha value is -1.39. The van der Waals surface area contributed by atoms with Crippen LogP contribution in [0.2, 0.25) is 0 Å². The lowest BCUT2D eigenvalue weighted by atomic mass is 10.1. The molecule has 0 fully saturated rings. The summed E-state index contributed by atoms with van der Waals surface area (Å²) < 4.78 is 5.69. The molecule has 0 unspecified atom stereocenters. The number of rotatable bonds is 7. The molecule has 1 heterocycles. The highest BCUT2D eigenvalue weighted by Crippen LogP contribution is 2.16. The van der Waals surface area contributed by atoms with Crippen LogP contribution in [0.1, 0.15) is 17.1 Å². The smallest absolute Gasteiger partial charge is 0.123 e. The molecule has 1 aromatic carbocycles. The van der Waals surface area contributed by atoms with E-state index in [-0.39, 0.29) is 6.61 Å². The van der Waals surface area contributed by atoms with Gasteiger partial charge in [0.05, 0.1) is 12.3 Å². The van der Waals surface area contributed by atoms with E-state index in [1.165, 1.54) is 0 Å². The molecule has 0 radical (unpaired) electrons. The third-order valence-electron chi connectivity index (χ3n) is 2.83. The Labute approximate surface area is 118 Å². The molecule has 0 spiro atoms. The lowest BCUT2D eigenvalue weighted by molar-refractivity contribution is 0.299. The summed E-state index contributed by atoms with van der Waals surface area (Å²) >= 11 is 1.75. The number of hydrogen-bond donors (Lipinski definition) is 2. The first kappa shape index (κ1) is 14.0. The Kier molecular flexibility index (Phi) is 5.36. The van der Waals surface area contributed by atoms with Crippen molar-refractivity contribution >= 4 is 17.4 Å². The number of anilines is 1. The zero-order chi connectivity index (χ0) is 13.5. The van der Waals surface area contributed by atoms with Crippen LogP contribution in [0.3, 0.4) is 0 Å². The molecule has 3 nitrogen and oxygen atoms in total. The third-order valence-corrected chi connectivity index (χ3v) is 3.40. The van der Waals surface area contributed by atoms with Crippen molar-refractivity contribution in [2.24, 2.45) is 0 Å². The minimum absolute atomic E-state index is 0.192. The lowest BCUT2D eigenvalue weighted by Crippen LogP contribution is -1.98. The molecule has 2 aromatic rings. The standard InChI is InChI=1S/C15H19NO2S/c1-19-11-15-7-6-14(18-15)10-16-13-4-2-12(3-5-13)8-9-17/h2-7,16-17H,8-11H2,1H3. The molecule has 1 aromatic heterocycles. The summed E-state index contributed by atoms with van der Waals surface area (Å²) in [5.74, 6) is 2.88. The molecule has 102 valence electrons. The minimum Gasteiger partial charge on any atom is -0.463 e. The SMILES string of the molecule is CSCc1ccc(CNc2ccc(CCO)cc2)o1. The van der Waals surface area contributed by atoms with E-state index < -0.39 is 0 Å².